The van der Waals surface area contributed by atoms with Crippen LogP contribution < -0.4 is 0 Å². The van der Waals surface area contributed by atoms with Gasteiger partial charge in [0, 0.05) is 0 Å². The highest BCUT2D eigenvalue weighted by Crippen LogP contribution is 2.56. The lowest BCUT2D eigenvalue weighted by atomic mass is 9.83. The van der Waals surface area contributed by atoms with E-state index in [1.807, 2.05) is 0 Å². The Morgan fingerprint density at radius 3 is 1.69 bits per heavy atom. The second kappa shape index (κ2) is 2.89. The Kier molecular flexibility index (Phi) is 2.31. The van der Waals surface area contributed by atoms with Crippen LogP contribution in [0, 0.1) is 0 Å². The summed E-state index contributed by atoms with van der Waals surface area (Å²) in [6.45, 7) is 0. The number of hydrogen-bond acceptors (Lipinski definition) is 1. The monoisotopic (exact) mass is 252 g/mol. The zero-order valence-corrected chi connectivity index (χ0v) is 7.16. The molecule has 1 aliphatic carbocycles. The van der Waals surface area contributed by atoms with Gasteiger partial charge in [0.15, 0.2) is 0 Å². The predicted molar refractivity (Wildman–Crippen MR) is 35.5 cm³/mol. The van der Waals surface area contributed by atoms with Gasteiger partial charge in [0.2, 0.25) is 0 Å². The molecule has 1 atom stereocenters. The third kappa shape index (κ3) is 1.17. The molecule has 0 aromatic carbocycles. The first kappa shape index (κ1) is 12.8. The SMILES string of the molecule is O=C(O)C1(F)C=CC(F)(F)C(F)(F)C1(F)F. The molecule has 92 valence electrons. The molecule has 0 aromatic rings. The number of alkyl halides is 7. The summed E-state index contributed by atoms with van der Waals surface area (Å²) in [6, 6.07) is 0. The van der Waals surface area contributed by atoms with Crippen LogP contribution in [0.25, 0.3) is 0 Å². The van der Waals surface area contributed by atoms with Gasteiger partial charge in [-0.2, -0.15) is 26.3 Å². The Hall–Kier alpha value is -1.28. The lowest BCUT2D eigenvalue weighted by Crippen LogP contribution is -2.67. The van der Waals surface area contributed by atoms with E-state index >= 15 is 0 Å². The van der Waals surface area contributed by atoms with Crippen LogP contribution in [0.15, 0.2) is 12.2 Å². The first-order valence-corrected chi connectivity index (χ1v) is 3.66. The fourth-order valence-electron chi connectivity index (χ4n) is 1.07. The van der Waals surface area contributed by atoms with Crippen molar-refractivity contribution in [2.24, 2.45) is 0 Å². The fraction of sp³-hybridized carbons (Fsp3) is 0.571. The van der Waals surface area contributed by atoms with Crippen LogP contribution in [-0.4, -0.2) is 34.5 Å². The van der Waals surface area contributed by atoms with Gasteiger partial charge in [-0.1, -0.05) is 0 Å². The minimum atomic E-state index is -6.12. The van der Waals surface area contributed by atoms with E-state index in [1.54, 1.807) is 0 Å². The maximum absolute atomic E-state index is 13.1. The molecule has 0 aromatic heterocycles. The molecule has 2 nitrogen and oxygen atoms in total. The first-order valence-electron chi connectivity index (χ1n) is 3.66. The van der Waals surface area contributed by atoms with Crippen LogP contribution in [0.2, 0.25) is 0 Å². The average Bonchev–Trinajstić information content (AvgIpc) is 2.11. The molecular weight excluding hydrogens is 249 g/mol. The van der Waals surface area contributed by atoms with E-state index in [4.69, 9.17) is 5.11 Å². The van der Waals surface area contributed by atoms with Crippen LogP contribution >= 0.6 is 0 Å². The number of allylic oxidation sites excluding steroid dienone is 1. The zero-order chi connectivity index (χ0) is 13.0. The Bertz CT molecular complexity index is 362. The van der Waals surface area contributed by atoms with E-state index in [1.165, 1.54) is 0 Å². The topological polar surface area (TPSA) is 37.3 Å². The third-order valence-electron chi connectivity index (χ3n) is 2.10. The van der Waals surface area contributed by atoms with Crippen LogP contribution in [0.5, 0.6) is 0 Å². The third-order valence-corrected chi connectivity index (χ3v) is 2.10. The van der Waals surface area contributed by atoms with Crippen LogP contribution in [0.4, 0.5) is 30.7 Å². The first-order chi connectivity index (χ1) is 6.90. The number of hydrogen-bond donors (Lipinski definition) is 1. The molecule has 0 amide bonds. The van der Waals surface area contributed by atoms with Crippen molar-refractivity contribution in [1.82, 2.24) is 0 Å². The summed E-state index contributed by atoms with van der Waals surface area (Å²) in [5, 5.41) is 8.05. The minimum absolute atomic E-state index is 0.771. The van der Waals surface area contributed by atoms with E-state index in [-0.39, 0.29) is 0 Å². The smallest absolute Gasteiger partial charge is 0.380 e. The largest absolute Gasteiger partial charge is 0.478 e. The normalized spacial score (nSPS) is 34.7. The molecule has 1 aliphatic rings. The van der Waals surface area contributed by atoms with Gasteiger partial charge in [0.1, 0.15) is 0 Å². The zero-order valence-electron chi connectivity index (χ0n) is 7.16. The van der Waals surface area contributed by atoms with Gasteiger partial charge in [0.05, 0.1) is 0 Å². The Balaban J connectivity index is 3.49. The number of rotatable bonds is 1. The van der Waals surface area contributed by atoms with Crippen molar-refractivity contribution in [1.29, 1.82) is 0 Å². The minimum Gasteiger partial charge on any atom is -0.478 e. The van der Waals surface area contributed by atoms with Crippen LogP contribution in [0.3, 0.4) is 0 Å². The Labute approximate surface area is 83.3 Å². The van der Waals surface area contributed by atoms with Gasteiger partial charge in [0.25, 0.3) is 5.67 Å². The number of halogens is 7. The van der Waals surface area contributed by atoms with Crippen molar-refractivity contribution in [3.05, 3.63) is 12.2 Å². The molecular formula is C7H3F7O2. The van der Waals surface area contributed by atoms with Gasteiger partial charge in [-0.15, -0.1) is 0 Å². The van der Waals surface area contributed by atoms with Crippen LogP contribution in [-0.2, 0) is 4.79 Å². The maximum Gasteiger partial charge on any atom is 0.380 e. The molecule has 0 saturated carbocycles. The summed E-state index contributed by atoms with van der Waals surface area (Å²) in [6.07, 6.45) is -1.65. The quantitative estimate of drug-likeness (QED) is 0.574. The summed E-state index contributed by atoms with van der Waals surface area (Å²) in [5.41, 5.74) is -4.86. The molecule has 1 unspecified atom stereocenters. The second-order valence-electron chi connectivity index (χ2n) is 3.12. The summed E-state index contributed by atoms with van der Waals surface area (Å²) >= 11 is 0. The number of carbonyl (C=O) groups is 1. The summed E-state index contributed by atoms with van der Waals surface area (Å²) in [7, 11) is 0. The molecule has 0 bridgehead atoms. The van der Waals surface area contributed by atoms with E-state index in [0.29, 0.717) is 0 Å². The molecule has 1 N–H and O–H groups in total. The van der Waals surface area contributed by atoms with Gasteiger partial charge < -0.3 is 5.11 Å². The molecule has 0 fully saturated rings. The van der Waals surface area contributed by atoms with Crippen molar-refractivity contribution in [3.8, 4) is 0 Å². The second-order valence-corrected chi connectivity index (χ2v) is 3.12. The van der Waals surface area contributed by atoms with E-state index in [9.17, 15) is 35.5 Å². The Morgan fingerprint density at radius 2 is 1.31 bits per heavy atom. The van der Waals surface area contributed by atoms with Crippen molar-refractivity contribution in [2.45, 2.75) is 23.4 Å². The van der Waals surface area contributed by atoms with Crippen LogP contribution in [0.1, 0.15) is 0 Å². The lowest BCUT2D eigenvalue weighted by molar-refractivity contribution is -0.327. The summed E-state index contributed by atoms with van der Waals surface area (Å²) < 4.78 is 88.5. The van der Waals surface area contributed by atoms with E-state index in [2.05, 4.69) is 0 Å². The van der Waals surface area contributed by atoms with Gasteiger partial charge in [-0.3, -0.25) is 0 Å². The number of carboxylic acid groups (broad SMARTS) is 1. The highest BCUT2D eigenvalue weighted by molar-refractivity contribution is 5.82. The molecule has 0 aliphatic heterocycles. The maximum atomic E-state index is 13.1. The molecule has 0 spiro atoms. The molecule has 0 heterocycles. The van der Waals surface area contributed by atoms with Crippen molar-refractivity contribution < 1.29 is 40.6 Å². The molecule has 9 heteroatoms. The molecule has 0 saturated heterocycles. The number of carboxylic acids is 1. The highest BCUT2D eigenvalue weighted by Gasteiger charge is 2.82. The van der Waals surface area contributed by atoms with Crippen molar-refractivity contribution >= 4 is 5.97 Å². The van der Waals surface area contributed by atoms with E-state index < -0.39 is 41.6 Å². The Morgan fingerprint density at radius 1 is 0.875 bits per heavy atom. The fourth-order valence-corrected chi connectivity index (χ4v) is 1.07. The van der Waals surface area contributed by atoms with Gasteiger partial charge in [-0.05, 0) is 12.2 Å². The highest BCUT2D eigenvalue weighted by atomic mass is 19.3. The standard InChI is InChI=1S/C7H3F7O2/c8-4(3(15)16)1-2-5(9,10)7(13,14)6(4,11)12/h1-2H,(H,15,16). The van der Waals surface area contributed by atoms with Crippen molar-refractivity contribution in [3.63, 3.8) is 0 Å². The van der Waals surface area contributed by atoms with Crippen molar-refractivity contribution in [2.75, 3.05) is 0 Å². The van der Waals surface area contributed by atoms with E-state index in [0.717, 1.165) is 0 Å². The predicted octanol–water partition coefficient (Wildman–Crippen LogP) is 2.25. The number of aliphatic carboxylic acids is 1. The van der Waals surface area contributed by atoms with Gasteiger partial charge in [-0.25, -0.2) is 9.18 Å². The summed E-state index contributed by atoms with van der Waals surface area (Å²) in [5.74, 6) is -20.5. The molecule has 1 rings (SSSR count). The lowest BCUT2D eigenvalue weighted by Gasteiger charge is -2.39. The molecule has 16 heavy (non-hydrogen) atoms. The average molecular weight is 252 g/mol. The van der Waals surface area contributed by atoms with Gasteiger partial charge >= 0.3 is 23.7 Å². The summed E-state index contributed by atoms with van der Waals surface area (Å²) in [4.78, 5) is 10.1. The molecule has 0 radical (unpaired) electrons.